The van der Waals surface area contributed by atoms with Crippen LogP contribution in [0.4, 0.5) is 0 Å². The number of fused-ring (bicyclic) bond motifs is 1. The summed E-state index contributed by atoms with van der Waals surface area (Å²) in [6, 6.07) is -0.471. The Morgan fingerprint density at radius 3 is 2.76 bits per heavy atom. The van der Waals surface area contributed by atoms with Crippen molar-refractivity contribution < 1.29 is 24.4 Å². The van der Waals surface area contributed by atoms with E-state index < -0.39 is 30.6 Å². The highest BCUT2D eigenvalue weighted by molar-refractivity contribution is 5.75. The molecule has 2 rings (SSSR count). The van der Waals surface area contributed by atoms with Crippen molar-refractivity contribution in [3.05, 3.63) is 0 Å². The molecule has 0 bridgehead atoms. The number of rotatable bonds is 3. The minimum Gasteiger partial charge on any atom is -0.450 e. The van der Waals surface area contributed by atoms with Crippen molar-refractivity contribution in [3.63, 3.8) is 0 Å². The molecule has 0 saturated carbocycles. The lowest BCUT2D eigenvalue weighted by Crippen LogP contribution is -2.58. The van der Waals surface area contributed by atoms with Crippen LogP contribution in [0, 0.1) is 0 Å². The molecule has 6 heteroatoms. The molecule has 17 heavy (non-hydrogen) atoms. The summed E-state index contributed by atoms with van der Waals surface area (Å²) in [5.74, 6) is 0.487. The number of ether oxygens (including phenoxy) is 3. The van der Waals surface area contributed by atoms with Crippen LogP contribution in [-0.2, 0) is 14.2 Å². The minimum atomic E-state index is -0.828. The van der Waals surface area contributed by atoms with Crippen molar-refractivity contribution in [1.29, 1.82) is 0 Å². The maximum Gasteiger partial charge on any atom is 0.227 e. The molecule has 2 heterocycles. The van der Waals surface area contributed by atoms with Crippen LogP contribution < -0.4 is 0 Å². The van der Waals surface area contributed by atoms with Gasteiger partial charge < -0.3 is 24.4 Å². The van der Waals surface area contributed by atoms with Gasteiger partial charge in [0.2, 0.25) is 6.29 Å². The van der Waals surface area contributed by atoms with Crippen molar-refractivity contribution in [1.82, 2.24) is 0 Å². The first kappa shape index (κ1) is 12.8. The number of hydrogen-bond acceptors (Lipinski definition) is 6. The molecular weight excluding hydrogens is 226 g/mol. The third kappa shape index (κ3) is 2.44. The Kier molecular flexibility index (Phi) is 3.67. The highest BCUT2D eigenvalue weighted by Gasteiger charge is 2.49. The molecule has 1 fully saturated rings. The number of nitrogens with zero attached hydrogens (tertiary/aromatic N) is 1. The van der Waals surface area contributed by atoms with Gasteiger partial charge >= 0.3 is 0 Å². The van der Waals surface area contributed by atoms with E-state index in [9.17, 15) is 10.2 Å². The fourth-order valence-electron chi connectivity index (χ4n) is 2.18. The van der Waals surface area contributed by atoms with Crippen molar-refractivity contribution in [2.24, 2.45) is 4.99 Å². The van der Waals surface area contributed by atoms with Gasteiger partial charge in [-0.25, -0.2) is 4.99 Å². The molecule has 2 aliphatic heterocycles. The summed E-state index contributed by atoms with van der Waals surface area (Å²) >= 11 is 0. The van der Waals surface area contributed by atoms with Crippen LogP contribution >= 0.6 is 0 Å². The van der Waals surface area contributed by atoms with Crippen molar-refractivity contribution >= 4 is 5.90 Å². The number of aliphatic imine (C=N–C) groups is 1. The van der Waals surface area contributed by atoms with E-state index in [2.05, 4.69) is 4.99 Å². The molecule has 2 N–H and O–H groups in total. The largest absolute Gasteiger partial charge is 0.450 e. The predicted octanol–water partition coefficient (Wildman–Crippen LogP) is -0.325. The Hall–Kier alpha value is -0.690. The van der Waals surface area contributed by atoms with E-state index in [1.54, 1.807) is 6.92 Å². The first-order chi connectivity index (χ1) is 8.02. The molecule has 0 aromatic carbocycles. The van der Waals surface area contributed by atoms with E-state index >= 15 is 0 Å². The van der Waals surface area contributed by atoms with Crippen LogP contribution in [0.3, 0.4) is 0 Å². The van der Waals surface area contributed by atoms with Gasteiger partial charge in [-0.1, -0.05) is 0 Å². The molecule has 98 valence electrons. The van der Waals surface area contributed by atoms with E-state index in [-0.39, 0.29) is 12.7 Å². The van der Waals surface area contributed by atoms with Gasteiger partial charge in [0.15, 0.2) is 5.90 Å². The third-order valence-electron chi connectivity index (χ3n) is 2.87. The molecule has 6 nitrogen and oxygen atoms in total. The van der Waals surface area contributed by atoms with Gasteiger partial charge in [0.1, 0.15) is 24.4 Å². The summed E-state index contributed by atoms with van der Waals surface area (Å²) in [5, 5.41) is 19.5. The second-order valence-corrected chi connectivity index (χ2v) is 4.62. The molecule has 0 amide bonds. The zero-order valence-corrected chi connectivity index (χ0v) is 10.2. The zero-order chi connectivity index (χ0) is 12.6. The first-order valence-electron chi connectivity index (χ1n) is 5.84. The molecule has 0 aliphatic carbocycles. The monoisotopic (exact) mass is 245 g/mol. The highest BCUT2D eigenvalue weighted by atomic mass is 16.7. The van der Waals surface area contributed by atoms with Crippen LogP contribution in [0.2, 0.25) is 0 Å². The second-order valence-electron chi connectivity index (χ2n) is 4.62. The normalized spacial score (nSPS) is 41.1. The topological polar surface area (TPSA) is 80.5 Å². The molecular formula is C11H19NO5. The van der Waals surface area contributed by atoms with Gasteiger partial charge in [-0.2, -0.15) is 0 Å². The SMILES string of the molecule is CC1=NC2[C@@H](O1)OC(CO)[C@@H](OC(C)C)[C@@H]2O. The standard InChI is InChI=1S/C11H19NO5/c1-5(2)15-10-7(4-13)17-11-8(9(10)14)12-6(3)16-11/h5,7-11,13-14H,4H2,1-3H3/t7?,8?,9-,10-,11+/m1/s1. The van der Waals surface area contributed by atoms with Crippen LogP contribution in [0.5, 0.6) is 0 Å². The maximum absolute atomic E-state index is 10.2. The molecule has 0 spiro atoms. The second kappa shape index (κ2) is 4.89. The fraction of sp³-hybridized carbons (Fsp3) is 0.909. The Bertz CT molecular complexity index is 306. The summed E-state index contributed by atoms with van der Waals surface area (Å²) in [6.07, 6.45) is -2.68. The van der Waals surface area contributed by atoms with E-state index in [1.807, 2.05) is 13.8 Å². The van der Waals surface area contributed by atoms with Crippen LogP contribution in [0.1, 0.15) is 20.8 Å². The Balaban J connectivity index is 2.13. The van der Waals surface area contributed by atoms with Crippen LogP contribution in [0.25, 0.3) is 0 Å². The molecule has 1 saturated heterocycles. The van der Waals surface area contributed by atoms with Gasteiger partial charge in [0.25, 0.3) is 0 Å². The molecule has 5 atom stereocenters. The Morgan fingerprint density at radius 2 is 2.18 bits per heavy atom. The Morgan fingerprint density at radius 1 is 1.47 bits per heavy atom. The van der Waals surface area contributed by atoms with Crippen molar-refractivity contribution in [3.8, 4) is 0 Å². The average molecular weight is 245 g/mol. The lowest BCUT2D eigenvalue weighted by atomic mass is 9.97. The maximum atomic E-state index is 10.2. The van der Waals surface area contributed by atoms with Gasteiger partial charge in [-0.15, -0.1) is 0 Å². The van der Waals surface area contributed by atoms with E-state index in [0.717, 1.165) is 0 Å². The lowest BCUT2D eigenvalue weighted by molar-refractivity contribution is -0.251. The summed E-state index contributed by atoms with van der Waals surface area (Å²) < 4.78 is 16.5. The van der Waals surface area contributed by atoms with Gasteiger partial charge in [-0.05, 0) is 13.8 Å². The average Bonchev–Trinajstić information content (AvgIpc) is 2.62. The van der Waals surface area contributed by atoms with Crippen LogP contribution in [-0.4, -0.2) is 59.5 Å². The highest BCUT2D eigenvalue weighted by Crippen LogP contribution is 2.30. The van der Waals surface area contributed by atoms with Gasteiger partial charge in [-0.3, -0.25) is 0 Å². The molecule has 2 aliphatic rings. The van der Waals surface area contributed by atoms with Gasteiger partial charge in [0, 0.05) is 6.92 Å². The molecule has 0 aromatic rings. The van der Waals surface area contributed by atoms with Gasteiger partial charge in [0.05, 0.1) is 12.7 Å². The minimum absolute atomic E-state index is 0.0590. The first-order valence-corrected chi connectivity index (χ1v) is 5.84. The smallest absolute Gasteiger partial charge is 0.227 e. The fourth-order valence-corrected chi connectivity index (χ4v) is 2.18. The predicted molar refractivity (Wildman–Crippen MR) is 59.7 cm³/mol. The third-order valence-corrected chi connectivity index (χ3v) is 2.87. The number of aliphatic hydroxyl groups is 2. The summed E-state index contributed by atoms with van der Waals surface area (Å²) in [6.45, 7) is 5.22. The summed E-state index contributed by atoms with van der Waals surface area (Å²) in [7, 11) is 0. The van der Waals surface area contributed by atoms with E-state index in [0.29, 0.717) is 5.90 Å². The molecule has 0 aromatic heterocycles. The summed E-state index contributed by atoms with van der Waals surface area (Å²) in [5.41, 5.74) is 0. The molecule has 2 unspecified atom stereocenters. The molecule has 0 radical (unpaired) electrons. The quantitative estimate of drug-likeness (QED) is 0.712. The lowest BCUT2D eigenvalue weighted by Gasteiger charge is -2.40. The Labute approximate surface area is 100 Å². The van der Waals surface area contributed by atoms with E-state index in [1.165, 1.54) is 0 Å². The zero-order valence-electron chi connectivity index (χ0n) is 10.2. The number of hydrogen-bond donors (Lipinski definition) is 2. The van der Waals surface area contributed by atoms with Crippen LogP contribution in [0.15, 0.2) is 4.99 Å². The van der Waals surface area contributed by atoms with Crippen molar-refractivity contribution in [2.45, 2.75) is 57.5 Å². The van der Waals surface area contributed by atoms with E-state index in [4.69, 9.17) is 14.2 Å². The number of aliphatic hydroxyl groups excluding tert-OH is 2. The van der Waals surface area contributed by atoms with Crippen molar-refractivity contribution in [2.75, 3.05) is 6.61 Å². The summed E-state index contributed by atoms with van der Waals surface area (Å²) in [4.78, 5) is 4.18.